The van der Waals surface area contributed by atoms with Crippen molar-refractivity contribution in [2.24, 2.45) is 0 Å². The van der Waals surface area contributed by atoms with Crippen LogP contribution in [-0.4, -0.2) is 9.13 Å². The average Bonchev–Trinajstić information content (AvgIpc) is 3.36. The highest BCUT2D eigenvalue weighted by Gasteiger charge is 2.18. The minimum atomic E-state index is 1.07. The van der Waals surface area contributed by atoms with E-state index in [1.807, 2.05) is 0 Å². The summed E-state index contributed by atoms with van der Waals surface area (Å²) in [5, 5.41) is 5.04. The first-order valence-corrected chi connectivity index (χ1v) is 11.9. The monoisotopic (exact) mass is 486 g/mol. The van der Waals surface area contributed by atoms with Crippen LogP contribution < -0.4 is 0 Å². The molecule has 0 saturated carbocycles. The fourth-order valence-electron chi connectivity index (χ4n) is 5.19. The first-order chi connectivity index (χ1) is 16.3. The third-order valence-electron chi connectivity index (χ3n) is 6.58. The molecule has 33 heavy (non-hydrogen) atoms. The number of para-hydroxylation sites is 4. The van der Waals surface area contributed by atoms with Gasteiger partial charge in [0, 0.05) is 31.7 Å². The number of nitrogens with zero attached hydrogens (tertiary/aromatic N) is 2. The summed E-state index contributed by atoms with van der Waals surface area (Å²) in [5.41, 5.74) is 7.15. The third kappa shape index (κ3) is 2.66. The van der Waals surface area contributed by atoms with Crippen molar-refractivity contribution in [2.75, 3.05) is 0 Å². The van der Waals surface area contributed by atoms with Crippen LogP contribution in [0.1, 0.15) is 0 Å². The van der Waals surface area contributed by atoms with Crippen molar-refractivity contribution in [1.29, 1.82) is 0 Å². The van der Waals surface area contributed by atoms with Crippen molar-refractivity contribution in [3.8, 4) is 11.4 Å². The molecule has 0 radical (unpaired) electrons. The lowest BCUT2D eigenvalue weighted by Gasteiger charge is -2.12. The van der Waals surface area contributed by atoms with E-state index in [-0.39, 0.29) is 0 Å². The number of halogens is 1. The van der Waals surface area contributed by atoms with Gasteiger partial charge in [0.25, 0.3) is 0 Å². The number of fused-ring (bicyclic) bond motifs is 6. The summed E-state index contributed by atoms with van der Waals surface area (Å²) < 4.78 is 5.80. The van der Waals surface area contributed by atoms with Crippen LogP contribution in [0.25, 0.3) is 55.0 Å². The Bertz CT molecular complexity index is 1770. The molecule has 0 aliphatic rings. The number of hydrogen-bond donors (Lipinski definition) is 0. The summed E-state index contributed by atoms with van der Waals surface area (Å²) in [7, 11) is 0. The lowest BCUT2D eigenvalue weighted by Crippen LogP contribution is -1.97. The SMILES string of the molecule is Brc1cc2c(cc1-n1c3ccccc3c3ccccc31)c1ccccc1n2-c1ccccc1. The first-order valence-electron chi connectivity index (χ1n) is 11.1. The zero-order valence-corrected chi connectivity index (χ0v) is 19.3. The van der Waals surface area contributed by atoms with E-state index in [0.29, 0.717) is 0 Å². The van der Waals surface area contributed by atoms with Crippen molar-refractivity contribution >= 4 is 59.5 Å². The highest BCUT2D eigenvalue weighted by atomic mass is 79.9. The Labute approximate surface area is 199 Å². The van der Waals surface area contributed by atoms with E-state index in [2.05, 4.69) is 140 Å². The Balaban J connectivity index is 1.63. The second kappa shape index (κ2) is 7.09. The van der Waals surface area contributed by atoms with Gasteiger partial charge in [0.1, 0.15) is 0 Å². The van der Waals surface area contributed by atoms with Gasteiger partial charge in [0.05, 0.1) is 27.8 Å². The van der Waals surface area contributed by atoms with Gasteiger partial charge in [-0.25, -0.2) is 0 Å². The van der Waals surface area contributed by atoms with Crippen molar-refractivity contribution in [3.63, 3.8) is 0 Å². The largest absolute Gasteiger partial charge is 0.309 e. The van der Waals surface area contributed by atoms with Crippen LogP contribution in [-0.2, 0) is 0 Å². The van der Waals surface area contributed by atoms with E-state index in [1.165, 1.54) is 49.3 Å². The number of aromatic nitrogens is 2. The Hall–Kier alpha value is -3.82. The molecule has 0 amide bonds. The quantitative estimate of drug-likeness (QED) is 0.231. The number of hydrogen-bond acceptors (Lipinski definition) is 0. The molecule has 0 bridgehead atoms. The maximum absolute atomic E-state index is 3.94. The molecule has 0 atom stereocenters. The van der Waals surface area contributed by atoms with E-state index < -0.39 is 0 Å². The average molecular weight is 487 g/mol. The van der Waals surface area contributed by atoms with Crippen molar-refractivity contribution < 1.29 is 0 Å². The van der Waals surface area contributed by atoms with Crippen LogP contribution in [0.4, 0.5) is 0 Å². The summed E-state index contributed by atoms with van der Waals surface area (Å²) in [6.45, 7) is 0. The van der Waals surface area contributed by atoms with Gasteiger partial charge in [0.2, 0.25) is 0 Å². The molecule has 0 unspecified atom stereocenters. The Kier molecular flexibility index (Phi) is 4.02. The molecule has 2 aromatic heterocycles. The van der Waals surface area contributed by atoms with Gasteiger partial charge in [0.15, 0.2) is 0 Å². The molecule has 0 aliphatic heterocycles. The molecule has 2 heterocycles. The molecule has 0 fully saturated rings. The fourth-order valence-corrected chi connectivity index (χ4v) is 5.70. The second-order valence-electron chi connectivity index (χ2n) is 8.38. The first kappa shape index (κ1) is 18.7. The van der Waals surface area contributed by atoms with Gasteiger partial charge in [-0.15, -0.1) is 0 Å². The summed E-state index contributed by atoms with van der Waals surface area (Å²) in [6.07, 6.45) is 0. The summed E-state index contributed by atoms with van der Waals surface area (Å²) in [5.74, 6) is 0. The van der Waals surface area contributed by atoms with Crippen LogP contribution in [0.3, 0.4) is 0 Å². The van der Waals surface area contributed by atoms with Gasteiger partial charge >= 0.3 is 0 Å². The highest BCUT2D eigenvalue weighted by molar-refractivity contribution is 9.10. The second-order valence-corrected chi connectivity index (χ2v) is 9.23. The summed E-state index contributed by atoms with van der Waals surface area (Å²) >= 11 is 3.94. The molecule has 5 aromatic carbocycles. The molecule has 7 rings (SSSR count). The number of benzene rings is 5. The Morgan fingerprint density at radius 3 is 1.52 bits per heavy atom. The molecule has 3 heteroatoms. The lowest BCUT2D eigenvalue weighted by molar-refractivity contribution is 1.16. The normalized spacial score (nSPS) is 11.8. The zero-order valence-electron chi connectivity index (χ0n) is 17.7. The highest BCUT2D eigenvalue weighted by Crippen LogP contribution is 2.39. The zero-order chi connectivity index (χ0) is 21.9. The molecule has 0 N–H and O–H groups in total. The molecule has 2 nitrogen and oxygen atoms in total. The minimum absolute atomic E-state index is 1.07. The predicted octanol–water partition coefficient (Wildman–Crippen LogP) is 8.64. The van der Waals surface area contributed by atoms with E-state index in [9.17, 15) is 0 Å². The molecular weight excluding hydrogens is 468 g/mol. The van der Waals surface area contributed by atoms with Crippen LogP contribution in [0, 0.1) is 0 Å². The third-order valence-corrected chi connectivity index (χ3v) is 7.21. The lowest BCUT2D eigenvalue weighted by atomic mass is 10.1. The van der Waals surface area contributed by atoms with E-state index in [1.54, 1.807) is 0 Å². The summed E-state index contributed by atoms with van der Waals surface area (Å²) in [6, 6.07) is 41.2. The van der Waals surface area contributed by atoms with Gasteiger partial charge in [-0.3, -0.25) is 0 Å². The van der Waals surface area contributed by atoms with E-state index in [4.69, 9.17) is 0 Å². The maximum atomic E-state index is 3.94. The topological polar surface area (TPSA) is 9.86 Å². The van der Waals surface area contributed by atoms with Crippen molar-refractivity contribution in [3.05, 3.63) is 120 Å². The molecule has 156 valence electrons. The molecule has 0 aliphatic carbocycles. The van der Waals surface area contributed by atoms with E-state index >= 15 is 0 Å². The Morgan fingerprint density at radius 1 is 0.424 bits per heavy atom. The standard InChI is InChI=1S/C30H19BrN2/c31-25-19-29-24(23-14-6-7-15-26(23)32(29)20-10-2-1-3-11-20)18-30(25)33-27-16-8-4-12-21(27)22-13-5-9-17-28(22)33/h1-19H. The number of rotatable bonds is 2. The molecule has 0 saturated heterocycles. The van der Waals surface area contributed by atoms with Gasteiger partial charge < -0.3 is 9.13 Å². The summed E-state index contributed by atoms with van der Waals surface area (Å²) in [4.78, 5) is 0. The Morgan fingerprint density at radius 2 is 0.909 bits per heavy atom. The van der Waals surface area contributed by atoms with Crippen molar-refractivity contribution in [2.45, 2.75) is 0 Å². The van der Waals surface area contributed by atoms with Gasteiger partial charge in [-0.1, -0.05) is 72.8 Å². The molecule has 0 spiro atoms. The van der Waals surface area contributed by atoms with E-state index in [0.717, 1.165) is 10.2 Å². The van der Waals surface area contributed by atoms with Crippen LogP contribution in [0.5, 0.6) is 0 Å². The smallest absolute Gasteiger partial charge is 0.0611 e. The van der Waals surface area contributed by atoms with Crippen molar-refractivity contribution in [1.82, 2.24) is 9.13 Å². The molecule has 7 aromatic rings. The van der Waals surface area contributed by atoms with Gasteiger partial charge in [-0.05, 0) is 58.4 Å². The minimum Gasteiger partial charge on any atom is -0.309 e. The predicted molar refractivity (Wildman–Crippen MR) is 143 cm³/mol. The fraction of sp³-hybridized carbons (Fsp3) is 0. The van der Waals surface area contributed by atoms with Gasteiger partial charge in [-0.2, -0.15) is 0 Å². The van der Waals surface area contributed by atoms with Crippen LogP contribution in [0.2, 0.25) is 0 Å². The van der Waals surface area contributed by atoms with Crippen LogP contribution in [0.15, 0.2) is 120 Å². The maximum Gasteiger partial charge on any atom is 0.0611 e. The van der Waals surface area contributed by atoms with Crippen LogP contribution >= 0.6 is 15.9 Å². The molecular formula is C30H19BrN2.